The summed E-state index contributed by atoms with van der Waals surface area (Å²) in [6, 6.07) is 16.6. The van der Waals surface area contributed by atoms with Crippen molar-refractivity contribution in [3.05, 3.63) is 115 Å². The zero-order chi connectivity index (χ0) is 43.3. The fourth-order valence-corrected chi connectivity index (χ4v) is 8.40. The van der Waals surface area contributed by atoms with Crippen LogP contribution in [0.3, 0.4) is 0 Å². The quantitative estimate of drug-likeness (QED) is 0.153. The molecule has 0 bridgehead atoms. The van der Waals surface area contributed by atoms with Gasteiger partial charge in [-0.3, -0.25) is 0 Å². The highest BCUT2D eigenvalue weighted by molar-refractivity contribution is 5.63. The lowest BCUT2D eigenvalue weighted by Crippen LogP contribution is -2.34. The van der Waals surface area contributed by atoms with Crippen LogP contribution >= 0.6 is 0 Å². The minimum atomic E-state index is -0.581. The highest BCUT2D eigenvalue weighted by Crippen LogP contribution is 2.52. The van der Waals surface area contributed by atoms with E-state index < -0.39 is 5.41 Å². The molecule has 0 aliphatic heterocycles. The average molecular weight is 765 g/mol. The predicted molar refractivity (Wildman–Crippen MR) is 240 cm³/mol. The molecule has 4 aromatic carbocycles. The second kappa shape index (κ2) is 15.8. The zero-order valence-electron chi connectivity index (χ0n) is 38.8. The number of rotatable bonds is 5. The van der Waals surface area contributed by atoms with Crippen molar-refractivity contribution in [3.63, 3.8) is 0 Å². The van der Waals surface area contributed by atoms with E-state index in [0.717, 1.165) is 74.0 Å². The topological polar surface area (TPSA) is 80.9 Å². The van der Waals surface area contributed by atoms with Gasteiger partial charge in [-0.2, -0.15) is 0 Å². The number of phenols is 4. The van der Waals surface area contributed by atoms with E-state index in [9.17, 15) is 20.4 Å². The van der Waals surface area contributed by atoms with Crippen molar-refractivity contribution in [3.8, 4) is 23.0 Å². The summed E-state index contributed by atoms with van der Waals surface area (Å²) >= 11 is 0. The highest BCUT2D eigenvalue weighted by atomic mass is 16.3. The Morgan fingerprint density at radius 2 is 0.607 bits per heavy atom. The second-order valence-electron chi connectivity index (χ2n) is 21.7. The van der Waals surface area contributed by atoms with Gasteiger partial charge >= 0.3 is 0 Å². The summed E-state index contributed by atoms with van der Waals surface area (Å²) in [5.74, 6) is 1.41. The van der Waals surface area contributed by atoms with Gasteiger partial charge in [0.25, 0.3) is 0 Å². The molecular formula is C52H76O4. The molecule has 0 heterocycles. The minimum Gasteiger partial charge on any atom is -0.508 e. The zero-order valence-corrected chi connectivity index (χ0v) is 38.8. The Bertz CT molecular complexity index is 1840. The molecule has 4 heteroatoms. The molecule has 4 N–H and O–H groups in total. The maximum absolute atomic E-state index is 11.1. The Balaban J connectivity index is 0.000000439. The lowest BCUT2D eigenvalue weighted by molar-refractivity contribution is 0.423. The van der Waals surface area contributed by atoms with Crippen molar-refractivity contribution in [1.82, 2.24) is 0 Å². The van der Waals surface area contributed by atoms with E-state index in [-0.39, 0.29) is 27.1 Å². The molecule has 0 aliphatic rings. The largest absolute Gasteiger partial charge is 0.508 e. The van der Waals surface area contributed by atoms with E-state index in [1.54, 1.807) is 0 Å². The van der Waals surface area contributed by atoms with Gasteiger partial charge in [-0.15, -0.1) is 0 Å². The summed E-state index contributed by atoms with van der Waals surface area (Å²) in [5, 5.41) is 43.7. The molecule has 0 aromatic heterocycles. The first kappa shape index (κ1) is 46.5. The monoisotopic (exact) mass is 765 g/mol. The third-order valence-corrected chi connectivity index (χ3v) is 11.3. The summed E-state index contributed by atoms with van der Waals surface area (Å²) in [7, 11) is 0. The van der Waals surface area contributed by atoms with Gasteiger partial charge in [0, 0.05) is 5.41 Å². The van der Waals surface area contributed by atoms with Gasteiger partial charge in [-0.1, -0.05) is 153 Å². The molecule has 0 aliphatic carbocycles. The molecule has 0 fully saturated rings. The number of aromatic hydroxyl groups is 4. The molecule has 308 valence electrons. The molecule has 4 nitrogen and oxygen atoms in total. The van der Waals surface area contributed by atoms with Crippen LogP contribution in [0.5, 0.6) is 23.0 Å². The molecule has 0 saturated carbocycles. The molecule has 0 atom stereocenters. The minimum absolute atomic E-state index is 0.0178. The molecule has 0 saturated heterocycles. The van der Waals surface area contributed by atoms with Crippen molar-refractivity contribution >= 4 is 0 Å². The normalized spacial score (nSPS) is 13.1. The van der Waals surface area contributed by atoms with E-state index >= 15 is 0 Å². The molecule has 4 rings (SSSR count). The summed E-state index contributed by atoms with van der Waals surface area (Å²) in [5.41, 5.74) is 11.2. The van der Waals surface area contributed by atoms with Crippen LogP contribution < -0.4 is 0 Å². The van der Waals surface area contributed by atoms with Crippen LogP contribution in [0.1, 0.15) is 190 Å². The lowest BCUT2D eigenvalue weighted by atomic mass is 9.61. The Morgan fingerprint density at radius 1 is 0.357 bits per heavy atom. The number of phenolic OH excluding ortho intramolecular Hbond substituents is 4. The standard InChI is InChI=1S/C37H52O3.C15H24O/c1-14-15-37(25-19-28(34(5,6)7)31(38)16-22(25)2,26-20-29(35(8,9)10)32(39)17-23(26)3)27-21-30(36(11,12)13)33(40)18-24(27)4;1-10-8-11(14(2,3)4)13(16)12(9-10)15(5,6)7/h16-21,38-40H,14-15H2,1-13H3;8-9,16H,1-7H3. The van der Waals surface area contributed by atoms with Gasteiger partial charge < -0.3 is 20.4 Å². The van der Waals surface area contributed by atoms with Crippen molar-refractivity contribution in [2.75, 3.05) is 0 Å². The molecule has 0 amide bonds. The first-order valence-corrected chi connectivity index (χ1v) is 20.6. The van der Waals surface area contributed by atoms with Gasteiger partial charge in [-0.25, -0.2) is 0 Å². The maximum Gasteiger partial charge on any atom is 0.123 e. The predicted octanol–water partition coefficient (Wildman–Crippen LogP) is 14.1. The fraction of sp³-hybridized carbons (Fsp3) is 0.538. The Morgan fingerprint density at radius 3 is 0.821 bits per heavy atom. The van der Waals surface area contributed by atoms with Crippen LogP contribution in [0.25, 0.3) is 0 Å². The third kappa shape index (κ3) is 9.60. The lowest BCUT2D eigenvalue weighted by Gasteiger charge is -2.42. The van der Waals surface area contributed by atoms with Gasteiger partial charge in [-0.05, 0) is 141 Å². The number of hydrogen-bond donors (Lipinski definition) is 4. The molecule has 4 aromatic rings. The van der Waals surface area contributed by atoms with Gasteiger partial charge in [0.15, 0.2) is 0 Å². The second-order valence-corrected chi connectivity index (χ2v) is 21.7. The average Bonchev–Trinajstić information content (AvgIpc) is 2.99. The third-order valence-electron chi connectivity index (χ3n) is 11.3. The molecule has 0 spiro atoms. The smallest absolute Gasteiger partial charge is 0.123 e. The van der Waals surface area contributed by atoms with Crippen LogP contribution in [0.2, 0.25) is 0 Å². The first-order valence-electron chi connectivity index (χ1n) is 20.6. The first-order chi connectivity index (χ1) is 25.2. The van der Waals surface area contributed by atoms with Gasteiger partial charge in [0.1, 0.15) is 23.0 Å². The fourth-order valence-electron chi connectivity index (χ4n) is 8.40. The Hall–Kier alpha value is -3.92. The number of benzene rings is 4. The van der Waals surface area contributed by atoms with E-state index in [2.05, 4.69) is 169 Å². The van der Waals surface area contributed by atoms with E-state index in [4.69, 9.17) is 0 Å². The van der Waals surface area contributed by atoms with E-state index in [0.29, 0.717) is 23.0 Å². The number of aryl methyl sites for hydroxylation is 4. The van der Waals surface area contributed by atoms with Crippen LogP contribution in [0, 0.1) is 27.7 Å². The van der Waals surface area contributed by atoms with Crippen molar-refractivity contribution in [1.29, 1.82) is 0 Å². The van der Waals surface area contributed by atoms with Crippen LogP contribution in [0.15, 0.2) is 48.5 Å². The van der Waals surface area contributed by atoms with E-state index in [1.807, 2.05) is 18.2 Å². The maximum atomic E-state index is 11.1. The highest BCUT2D eigenvalue weighted by Gasteiger charge is 2.42. The summed E-state index contributed by atoms with van der Waals surface area (Å²) < 4.78 is 0. The van der Waals surface area contributed by atoms with Crippen molar-refractivity contribution in [2.45, 2.75) is 184 Å². The van der Waals surface area contributed by atoms with E-state index in [1.165, 1.54) is 5.56 Å². The van der Waals surface area contributed by atoms with Crippen molar-refractivity contribution < 1.29 is 20.4 Å². The summed E-state index contributed by atoms with van der Waals surface area (Å²) in [6.07, 6.45) is 1.74. The molecule has 0 unspecified atom stereocenters. The molecular weight excluding hydrogens is 689 g/mol. The number of hydrogen-bond acceptors (Lipinski definition) is 4. The molecule has 0 radical (unpaired) electrons. The van der Waals surface area contributed by atoms with Crippen molar-refractivity contribution in [2.24, 2.45) is 0 Å². The Kier molecular flexibility index (Phi) is 13.1. The van der Waals surface area contributed by atoms with Crippen LogP contribution in [0.4, 0.5) is 0 Å². The van der Waals surface area contributed by atoms with Gasteiger partial charge in [0.2, 0.25) is 0 Å². The van der Waals surface area contributed by atoms with Gasteiger partial charge in [0.05, 0.1) is 0 Å². The van der Waals surface area contributed by atoms with Crippen LogP contribution in [-0.2, 0) is 32.5 Å². The SMILES string of the molecule is CCCC(c1cc(C(C)(C)C)c(O)cc1C)(c1cc(C(C)(C)C)c(O)cc1C)c1cc(C(C)(C)C)c(O)cc1C.Cc1cc(C(C)(C)C)c(O)c(C(C)(C)C)c1. The summed E-state index contributed by atoms with van der Waals surface area (Å²) in [6.45, 7) is 42.6. The summed E-state index contributed by atoms with van der Waals surface area (Å²) in [4.78, 5) is 0. The Labute approximate surface area is 341 Å². The molecule has 56 heavy (non-hydrogen) atoms. The van der Waals surface area contributed by atoms with Crippen LogP contribution in [-0.4, -0.2) is 20.4 Å².